The Morgan fingerprint density at radius 1 is 1.50 bits per heavy atom. The molecule has 0 fully saturated rings. The van der Waals surface area contributed by atoms with Gasteiger partial charge in [0.05, 0.1) is 10.6 Å². The average Bonchev–Trinajstić information content (AvgIpc) is 2.91. The van der Waals surface area contributed by atoms with Gasteiger partial charge in [-0.1, -0.05) is 13.8 Å². The van der Waals surface area contributed by atoms with E-state index in [9.17, 15) is 9.18 Å². The van der Waals surface area contributed by atoms with Crippen molar-refractivity contribution in [1.82, 2.24) is 4.98 Å². The maximum atomic E-state index is 13.2. The summed E-state index contributed by atoms with van der Waals surface area (Å²) in [5.74, 6) is -0.720. The maximum absolute atomic E-state index is 13.2. The van der Waals surface area contributed by atoms with Crippen molar-refractivity contribution in [2.24, 2.45) is 0 Å². The van der Waals surface area contributed by atoms with E-state index < -0.39 is 5.82 Å². The van der Waals surface area contributed by atoms with Crippen molar-refractivity contribution in [1.29, 1.82) is 5.26 Å². The summed E-state index contributed by atoms with van der Waals surface area (Å²) in [4.78, 5) is 16.2. The second kappa shape index (κ2) is 5.80. The zero-order chi connectivity index (χ0) is 14.7. The Bertz CT molecular complexity index is 688. The molecular weight excluding hydrogens is 277 g/mol. The normalized spacial score (nSPS) is 10.3. The third-order valence-electron chi connectivity index (χ3n) is 2.59. The number of hydrogen-bond acceptors (Lipinski definition) is 4. The summed E-state index contributed by atoms with van der Waals surface area (Å²) in [7, 11) is 0. The van der Waals surface area contributed by atoms with E-state index in [0.29, 0.717) is 11.4 Å². The summed E-state index contributed by atoms with van der Waals surface area (Å²) in [5, 5.41) is 13.9. The SMILES string of the molecule is CC(C)c1nc(C(=O)Nc2ccc(F)c(C#N)c2)cs1. The third-order valence-corrected chi connectivity index (χ3v) is 3.74. The summed E-state index contributed by atoms with van der Waals surface area (Å²) in [6, 6.07) is 5.58. The Labute approximate surface area is 119 Å². The van der Waals surface area contributed by atoms with Crippen molar-refractivity contribution in [2.75, 3.05) is 5.32 Å². The Kier molecular flexibility index (Phi) is 4.11. The van der Waals surface area contributed by atoms with E-state index in [1.165, 1.54) is 23.5 Å². The van der Waals surface area contributed by atoms with E-state index in [2.05, 4.69) is 10.3 Å². The molecule has 1 heterocycles. The van der Waals surface area contributed by atoms with Crippen LogP contribution in [0.1, 0.15) is 40.8 Å². The number of amides is 1. The summed E-state index contributed by atoms with van der Waals surface area (Å²) >= 11 is 1.42. The van der Waals surface area contributed by atoms with Crippen LogP contribution in [0.4, 0.5) is 10.1 Å². The predicted octanol–water partition coefficient (Wildman–Crippen LogP) is 3.53. The highest BCUT2D eigenvalue weighted by Gasteiger charge is 2.13. The lowest BCUT2D eigenvalue weighted by molar-refractivity contribution is 0.102. The van der Waals surface area contributed by atoms with Gasteiger partial charge in [-0.05, 0) is 18.2 Å². The van der Waals surface area contributed by atoms with Crippen LogP contribution < -0.4 is 5.32 Å². The molecule has 0 aliphatic heterocycles. The molecule has 0 aliphatic carbocycles. The number of hydrogen-bond donors (Lipinski definition) is 1. The molecule has 0 spiro atoms. The van der Waals surface area contributed by atoms with E-state index in [-0.39, 0.29) is 17.4 Å². The van der Waals surface area contributed by atoms with Crippen LogP contribution in [0, 0.1) is 17.1 Å². The van der Waals surface area contributed by atoms with Crippen LogP contribution in [0.25, 0.3) is 0 Å². The Balaban J connectivity index is 2.17. The summed E-state index contributed by atoms with van der Waals surface area (Å²) in [6.07, 6.45) is 0. The third kappa shape index (κ3) is 3.00. The van der Waals surface area contributed by atoms with E-state index in [1.54, 1.807) is 11.4 Å². The van der Waals surface area contributed by atoms with Crippen molar-refractivity contribution in [3.8, 4) is 6.07 Å². The Morgan fingerprint density at radius 2 is 2.25 bits per heavy atom. The van der Waals surface area contributed by atoms with Crippen LogP contribution in [-0.4, -0.2) is 10.9 Å². The van der Waals surface area contributed by atoms with Crippen LogP contribution in [0.15, 0.2) is 23.6 Å². The number of halogens is 1. The number of anilines is 1. The van der Waals surface area contributed by atoms with Gasteiger partial charge in [-0.15, -0.1) is 11.3 Å². The van der Waals surface area contributed by atoms with Gasteiger partial charge < -0.3 is 5.32 Å². The van der Waals surface area contributed by atoms with Gasteiger partial charge in [0.1, 0.15) is 17.6 Å². The molecule has 2 aromatic rings. The van der Waals surface area contributed by atoms with E-state index in [4.69, 9.17) is 5.26 Å². The lowest BCUT2D eigenvalue weighted by Crippen LogP contribution is -2.12. The minimum absolute atomic E-state index is 0.107. The number of carbonyl (C=O) groups is 1. The minimum atomic E-state index is -0.610. The number of nitriles is 1. The first-order chi connectivity index (χ1) is 9.51. The van der Waals surface area contributed by atoms with Crippen molar-refractivity contribution < 1.29 is 9.18 Å². The summed E-state index contributed by atoms with van der Waals surface area (Å²) in [6.45, 7) is 4.00. The second-order valence-corrected chi connectivity index (χ2v) is 5.38. The van der Waals surface area contributed by atoms with Crippen LogP contribution in [0.3, 0.4) is 0 Å². The van der Waals surface area contributed by atoms with Crippen LogP contribution in [0.2, 0.25) is 0 Å². The summed E-state index contributed by atoms with van der Waals surface area (Å²) in [5.41, 5.74) is 0.581. The van der Waals surface area contributed by atoms with Gasteiger partial charge in [0.15, 0.2) is 0 Å². The van der Waals surface area contributed by atoms with Gasteiger partial charge in [-0.25, -0.2) is 9.37 Å². The van der Waals surface area contributed by atoms with E-state index in [1.807, 2.05) is 13.8 Å². The first-order valence-corrected chi connectivity index (χ1v) is 6.85. The molecule has 0 unspecified atom stereocenters. The van der Waals surface area contributed by atoms with Gasteiger partial charge in [0, 0.05) is 17.0 Å². The van der Waals surface area contributed by atoms with Gasteiger partial charge in [-0.2, -0.15) is 5.26 Å². The van der Waals surface area contributed by atoms with E-state index >= 15 is 0 Å². The quantitative estimate of drug-likeness (QED) is 0.940. The number of rotatable bonds is 3. The van der Waals surface area contributed by atoms with E-state index in [0.717, 1.165) is 11.1 Å². The highest BCUT2D eigenvalue weighted by molar-refractivity contribution is 7.09. The maximum Gasteiger partial charge on any atom is 0.275 e. The fraction of sp³-hybridized carbons (Fsp3) is 0.214. The first kappa shape index (κ1) is 14.2. The highest BCUT2D eigenvalue weighted by Crippen LogP contribution is 2.20. The van der Waals surface area contributed by atoms with Crippen molar-refractivity contribution in [3.63, 3.8) is 0 Å². The van der Waals surface area contributed by atoms with Crippen molar-refractivity contribution in [2.45, 2.75) is 19.8 Å². The number of nitrogens with one attached hydrogen (secondary N) is 1. The molecule has 1 amide bonds. The Morgan fingerprint density at radius 3 is 2.85 bits per heavy atom. The lowest BCUT2D eigenvalue weighted by Gasteiger charge is -2.04. The zero-order valence-corrected chi connectivity index (χ0v) is 11.8. The molecule has 0 atom stereocenters. The number of aromatic nitrogens is 1. The van der Waals surface area contributed by atoms with Crippen LogP contribution >= 0.6 is 11.3 Å². The molecular formula is C14H12FN3OS. The predicted molar refractivity (Wildman–Crippen MR) is 75.3 cm³/mol. The molecule has 0 aliphatic rings. The monoisotopic (exact) mass is 289 g/mol. The molecule has 6 heteroatoms. The van der Waals surface area contributed by atoms with Crippen molar-refractivity contribution >= 4 is 22.9 Å². The molecule has 0 saturated heterocycles. The smallest absolute Gasteiger partial charge is 0.275 e. The van der Waals surface area contributed by atoms with Gasteiger partial charge in [0.2, 0.25) is 0 Å². The lowest BCUT2D eigenvalue weighted by atomic mass is 10.2. The highest BCUT2D eigenvalue weighted by atomic mass is 32.1. The molecule has 1 N–H and O–H groups in total. The summed E-state index contributed by atoms with van der Waals surface area (Å²) < 4.78 is 13.2. The molecule has 20 heavy (non-hydrogen) atoms. The first-order valence-electron chi connectivity index (χ1n) is 5.97. The average molecular weight is 289 g/mol. The van der Waals surface area contributed by atoms with Crippen LogP contribution in [0.5, 0.6) is 0 Å². The van der Waals surface area contributed by atoms with Gasteiger partial charge >= 0.3 is 0 Å². The fourth-order valence-corrected chi connectivity index (χ4v) is 2.36. The van der Waals surface area contributed by atoms with Crippen LogP contribution in [-0.2, 0) is 0 Å². The number of thiazole rings is 1. The largest absolute Gasteiger partial charge is 0.321 e. The zero-order valence-electron chi connectivity index (χ0n) is 11.0. The molecule has 2 rings (SSSR count). The molecule has 102 valence electrons. The van der Waals surface area contributed by atoms with Gasteiger partial charge in [-0.3, -0.25) is 4.79 Å². The molecule has 0 bridgehead atoms. The number of nitrogens with zero attached hydrogens (tertiary/aromatic N) is 2. The fourth-order valence-electron chi connectivity index (χ4n) is 1.54. The number of carbonyl (C=O) groups excluding carboxylic acids is 1. The minimum Gasteiger partial charge on any atom is -0.321 e. The van der Waals surface area contributed by atoms with Crippen molar-refractivity contribution in [3.05, 3.63) is 45.7 Å². The molecule has 0 saturated carbocycles. The Hall–Kier alpha value is -2.26. The molecule has 4 nitrogen and oxygen atoms in total. The molecule has 0 radical (unpaired) electrons. The molecule has 1 aromatic carbocycles. The van der Waals surface area contributed by atoms with Gasteiger partial charge in [0.25, 0.3) is 5.91 Å². The number of benzene rings is 1. The topological polar surface area (TPSA) is 65.8 Å². The standard InChI is InChI=1S/C14H12FN3OS/c1-8(2)14-18-12(7-20-14)13(19)17-10-3-4-11(15)9(5-10)6-16/h3-5,7-8H,1-2H3,(H,17,19). The second-order valence-electron chi connectivity index (χ2n) is 4.49. The molecule has 1 aromatic heterocycles.